The lowest BCUT2D eigenvalue weighted by atomic mass is 9.51. The van der Waals surface area contributed by atoms with Crippen LogP contribution >= 0.6 is 11.6 Å². The smallest absolute Gasteiger partial charge is 0.228 e. The molecule has 1 aromatic carbocycles. The number of carbonyl (C=O) groups excluding carboxylic acids is 1. The minimum Gasteiger partial charge on any atom is -0.326 e. The first-order valence-electron chi connectivity index (χ1n) is 8.17. The van der Waals surface area contributed by atoms with E-state index in [4.69, 9.17) is 11.6 Å². The highest BCUT2D eigenvalue weighted by molar-refractivity contribution is 6.31. The summed E-state index contributed by atoms with van der Waals surface area (Å²) in [5, 5.41) is 3.84. The molecule has 0 aliphatic heterocycles. The van der Waals surface area contributed by atoms with E-state index in [9.17, 15) is 4.79 Å². The topological polar surface area (TPSA) is 29.1 Å². The van der Waals surface area contributed by atoms with Gasteiger partial charge in [-0.25, -0.2) is 0 Å². The van der Waals surface area contributed by atoms with Crippen molar-refractivity contribution in [1.82, 2.24) is 0 Å². The van der Waals surface area contributed by atoms with Crippen molar-refractivity contribution in [3.8, 4) is 0 Å². The Kier molecular flexibility index (Phi) is 3.25. The lowest BCUT2D eigenvalue weighted by molar-refractivity contribution is -0.132. The van der Waals surface area contributed by atoms with Crippen molar-refractivity contribution in [3.63, 3.8) is 0 Å². The van der Waals surface area contributed by atoms with Crippen LogP contribution in [0.4, 0.5) is 5.69 Å². The van der Waals surface area contributed by atoms with E-state index < -0.39 is 0 Å². The van der Waals surface area contributed by atoms with Crippen molar-refractivity contribution in [2.75, 3.05) is 5.32 Å². The van der Waals surface area contributed by atoms with Crippen molar-refractivity contribution in [2.24, 2.45) is 29.6 Å². The molecule has 21 heavy (non-hydrogen) atoms. The number of hydrogen-bond acceptors (Lipinski definition) is 1. The van der Waals surface area contributed by atoms with Gasteiger partial charge in [0, 0.05) is 16.6 Å². The first kappa shape index (κ1) is 13.6. The Balaban J connectivity index is 1.54. The van der Waals surface area contributed by atoms with E-state index in [1.54, 1.807) is 0 Å². The summed E-state index contributed by atoms with van der Waals surface area (Å²) in [5.41, 5.74) is 1.96. The molecule has 4 saturated carbocycles. The molecule has 1 N–H and O–H groups in total. The van der Waals surface area contributed by atoms with Crippen LogP contribution in [0.15, 0.2) is 18.2 Å². The summed E-state index contributed by atoms with van der Waals surface area (Å²) in [6.07, 6.45) is 6.53. The molecular weight excluding hydrogens is 282 g/mol. The number of carbonyl (C=O) groups is 1. The van der Waals surface area contributed by atoms with Gasteiger partial charge in [0.2, 0.25) is 5.91 Å². The number of halogens is 1. The molecule has 0 unspecified atom stereocenters. The molecule has 0 aromatic heterocycles. The SMILES string of the molecule is Cc1ccc(Cl)cc1NC(=O)C1C2CC3CC(C2)CC1C3. The van der Waals surface area contributed by atoms with Crippen LogP contribution in [0.5, 0.6) is 0 Å². The number of hydrogen-bond donors (Lipinski definition) is 1. The molecule has 3 heteroatoms. The number of anilines is 1. The Labute approximate surface area is 131 Å². The fraction of sp³-hybridized carbons (Fsp3) is 0.611. The first-order valence-corrected chi connectivity index (χ1v) is 8.55. The summed E-state index contributed by atoms with van der Waals surface area (Å²) >= 11 is 6.06. The normalized spacial score (nSPS) is 36.8. The van der Waals surface area contributed by atoms with Crippen LogP contribution in [0.1, 0.15) is 37.7 Å². The summed E-state index contributed by atoms with van der Waals surface area (Å²) in [4.78, 5) is 12.8. The van der Waals surface area contributed by atoms with Gasteiger partial charge in [-0.15, -0.1) is 0 Å². The average Bonchev–Trinajstić information content (AvgIpc) is 2.41. The molecule has 2 nitrogen and oxygen atoms in total. The highest BCUT2D eigenvalue weighted by Crippen LogP contribution is 2.56. The zero-order valence-corrected chi connectivity index (χ0v) is 13.2. The number of nitrogens with one attached hydrogen (secondary N) is 1. The van der Waals surface area contributed by atoms with Crippen LogP contribution < -0.4 is 5.32 Å². The monoisotopic (exact) mass is 303 g/mol. The summed E-state index contributed by atoms with van der Waals surface area (Å²) < 4.78 is 0. The predicted octanol–water partition coefficient (Wildman–Crippen LogP) is 4.66. The highest BCUT2D eigenvalue weighted by Gasteiger charge is 2.50. The van der Waals surface area contributed by atoms with E-state index in [-0.39, 0.29) is 11.8 Å². The molecule has 0 atom stereocenters. The Hall–Kier alpha value is -1.02. The van der Waals surface area contributed by atoms with E-state index in [1.807, 2.05) is 25.1 Å². The van der Waals surface area contributed by atoms with Gasteiger partial charge in [0.25, 0.3) is 0 Å². The third kappa shape index (κ3) is 2.38. The molecule has 0 spiro atoms. The van der Waals surface area contributed by atoms with E-state index in [2.05, 4.69) is 5.32 Å². The lowest BCUT2D eigenvalue weighted by Crippen LogP contribution is -2.49. The zero-order valence-electron chi connectivity index (χ0n) is 12.4. The summed E-state index contributed by atoms with van der Waals surface area (Å²) in [6.45, 7) is 2.02. The fourth-order valence-corrected chi connectivity index (χ4v) is 5.47. The Morgan fingerprint density at radius 2 is 1.71 bits per heavy atom. The molecule has 1 aromatic rings. The van der Waals surface area contributed by atoms with E-state index in [1.165, 1.54) is 32.1 Å². The molecule has 4 aliphatic rings. The van der Waals surface area contributed by atoms with Crippen molar-refractivity contribution in [2.45, 2.75) is 39.0 Å². The van der Waals surface area contributed by atoms with Crippen LogP contribution in [0.2, 0.25) is 5.02 Å². The summed E-state index contributed by atoms with van der Waals surface area (Å²) in [6, 6.07) is 5.70. The molecule has 4 bridgehead atoms. The van der Waals surface area contributed by atoms with Gasteiger partial charge in [0.05, 0.1) is 0 Å². The zero-order chi connectivity index (χ0) is 14.6. The lowest BCUT2D eigenvalue weighted by Gasteiger charge is -2.53. The fourth-order valence-electron chi connectivity index (χ4n) is 5.30. The third-order valence-corrected chi connectivity index (χ3v) is 6.22. The maximum absolute atomic E-state index is 12.8. The number of amides is 1. The second-order valence-electron chi connectivity index (χ2n) is 7.40. The van der Waals surface area contributed by atoms with Gasteiger partial charge in [-0.2, -0.15) is 0 Å². The van der Waals surface area contributed by atoms with Gasteiger partial charge in [-0.05, 0) is 80.4 Å². The largest absolute Gasteiger partial charge is 0.326 e. The van der Waals surface area contributed by atoms with E-state index >= 15 is 0 Å². The molecule has 4 fully saturated rings. The highest BCUT2D eigenvalue weighted by atomic mass is 35.5. The molecular formula is C18H22ClNO. The summed E-state index contributed by atoms with van der Waals surface area (Å²) in [5.74, 6) is 3.53. The van der Waals surface area contributed by atoms with Crippen LogP contribution in [0.25, 0.3) is 0 Å². The maximum Gasteiger partial charge on any atom is 0.228 e. The molecule has 0 heterocycles. The van der Waals surface area contributed by atoms with Crippen LogP contribution in [-0.4, -0.2) is 5.91 Å². The second kappa shape index (κ2) is 5.01. The first-order chi connectivity index (χ1) is 10.1. The van der Waals surface area contributed by atoms with Crippen LogP contribution in [-0.2, 0) is 4.79 Å². The second-order valence-corrected chi connectivity index (χ2v) is 7.84. The van der Waals surface area contributed by atoms with E-state index in [0.29, 0.717) is 16.9 Å². The predicted molar refractivity (Wildman–Crippen MR) is 85.4 cm³/mol. The Bertz CT molecular complexity index is 555. The minimum absolute atomic E-state index is 0.231. The van der Waals surface area contributed by atoms with Crippen molar-refractivity contribution in [1.29, 1.82) is 0 Å². The molecule has 4 aliphatic carbocycles. The van der Waals surface area contributed by atoms with Gasteiger partial charge in [-0.3, -0.25) is 4.79 Å². The average molecular weight is 304 g/mol. The van der Waals surface area contributed by atoms with Gasteiger partial charge in [-0.1, -0.05) is 17.7 Å². The third-order valence-electron chi connectivity index (χ3n) is 5.99. The quantitative estimate of drug-likeness (QED) is 0.846. The Morgan fingerprint density at radius 3 is 2.33 bits per heavy atom. The van der Waals surface area contributed by atoms with Crippen molar-refractivity contribution in [3.05, 3.63) is 28.8 Å². The number of benzene rings is 1. The molecule has 0 saturated heterocycles. The number of rotatable bonds is 2. The van der Waals surface area contributed by atoms with Gasteiger partial charge < -0.3 is 5.32 Å². The van der Waals surface area contributed by atoms with Crippen molar-refractivity contribution < 1.29 is 4.79 Å². The van der Waals surface area contributed by atoms with Gasteiger partial charge in [0.15, 0.2) is 0 Å². The van der Waals surface area contributed by atoms with E-state index in [0.717, 1.165) is 23.1 Å². The van der Waals surface area contributed by atoms with Gasteiger partial charge in [0.1, 0.15) is 0 Å². The standard InChI is InChI=1S/C18H22ClNO/c1-10-2-3-15(19)9-16(10)20-18(21)17-13-5-11-4-12(7-13)8-14(17)6-11/h2-3,9,11-14,17H,4-8H2,1H3,(H,20,21). The number of aryl methyl sites for hydroxylation is 1. The minimum atomic E-state index is 0.231. The van der Waals surface area contributed by atoms with Gasteiger partial charge >= 0.3 is 0 Å². The van der Waals surface area contributed by atoms with Crippen LogP contribution in [0, 0.1) is 36.5 Å². The Morgan fingerprint density at radius 1 is 1.10 bits per heavy atom. The van der Waals surface area contributed by atoms with Crippen LogP contribution in [0.3, 0.4) is 0 Å². The maximum atomic E-state index is 12.8. The van der Waals surface area contributed by atoms with Crippen molar-refractivity contribution >= 4 is 23.2 Å². The molecule has 112 valence electrons. The molecule has 5 rings (SSSR count). The molecule has 0 radical (unpaired) electrons. The summed E-state index contributed by atoms with van der Waals surface area (Å²) in [7, 11) is 0. The molecule has 1 amide bonds.